The number of aromatic nitrogens is 3. The van der Waals surface area contributed by atoms with Gasteiger partial charge in [0.1, 0.15) is 5.75 Å². The van der Waals surface area contributed by atoms with Crippen molar-refractivity contribution in [3.8, 4) is 11.5 Å². The Balaban J connectivity index is 0.00000128. The van der Waals surface area contributed by atoms with Crippen LogP contribution in [0.3, 0.4) is 0 Å². The first-order valence-corrected chi connectivity index (χ1v) is 11.2. The predicted molar refractivity (Wildman–Crippen MR) is 142 cm³/mol. The first kappa shape index (κ1) is 27.2. The van der Waals surface area contributed by atoms with Crippen molar-refractivity contribution in [3.63, 3.8) is 0 Å². The number of nitrogens with zero attached hydrogens (tertiary/aromatic N) is 3. The molecule has 0 unspecified atom stereocenters. The minimum atomic E-state index is 0. The molecule has 0 aliphatic carbocycles. The molecule has 0 saturated carbocycles. The second kappa shape index (κ2) is 12.4. The fraction of sp³-hybridized carbons (Fsp3) is 0.136. The van der Waals surface area contributed by atoms with Gasteiger partial charge in [0.15, 0.2) is 16.7 Å². The van der Waals surface area contributed by atoms with Gasteiger partial charge in [0.2, 0.25) is 0 Å². The van der Waals surface area contributed by atoms with E-state index in [9.17, 15) is 0 Å². The third kappa shape index (κ3) is 6.50. The molecule has 3 aromatic heterocycles. The van der Waals surface area contributed by atoms with Crippen LogP contribution < -0.4 is 15.4 Å². The number of halogens is 3. The van der Waals surface area contributed by atoms with E-state index in [1.807, 2.05) is 61.1 Å². The zero-order chi connectivity index (χ0) is 20.3. The van der Waals surface area contributed by atoms with Crippen LogP contribution in [0.15, 0.2) is 70.0 Å². The van der Waals surface area contributed by atoms with Crippen molar-refractivity contribution in [1.82, 2.24) is 20.3 Å². The van der Waals surface area contributed by atoms with Crippen LogP contribution >= 0.6 is 60.3 Å². The molecule has 5 rings (SSSR count). The smallest absolute Gasteiger partial charge is 0.188 e. The molecule has 0 radical (unpaired) electrons. The summed E-state index contributed by atoms with van der Waals surface area (Å²) in [5.41, 5.74) is 3.35. The number of pyridine rings is 2. The molecule has 0 fully saturated rings. The standard InChI is InChI=1S/C22H19N5OS2.3ClH/c1-14-13-29-22(26-14)27-21-19(28-15-5-3-2-4-6-15)9-16(10-25-21)30-20-7-8-24-18-12-23-11-17(18)20;;;/h2-10,13,23H,11-12H2,1H3,(H,25,26,27);3*1H. The van der Waals surface area contributed by atoms with Gasteiger partial charge in [-0.25, -0.2) is 9.97 Å². The zero-order valence-electron chi connectivity index (χ0n) is 17.5. The molecule has 0 bridgehead atoms. The lowest BCUT2D eigenvalue weighted by Crippen LogP contribution is -2.00. The SMILES string of the molecule is Cc1csc(Nc2ncc(Sc3ccnc4c3CNC4)cc2Oc2ccccc2)n1.Cl.Cl.Cl. The van der Waals surface area contributed by atoms with Crippen LogP contribution in [0, 0.1) is 6.92 Å². The van der Waals surface area contributed by atoms with Gasteiger partial charge in [0.05, 0.1) is 11.4 Å². The second-order valence-electron chi connectivity index (χ2n) is 6.79. The molecule has 2 N–H and O–H groups in total. The third-order valence-electron chi connectivity index (χ3n) is 4.57. The molecular formula is C22H22Cl3N5OS2. The molecule has 0 atom stereocenters. The number of thiazole rings is 1. The molecule has 0 amide bonds. The van der Waals surface area contributed by atoms with Gasteiger partial charge in [0.25, 0.3) is 0 Å². The topological polar surface area (TPSA) is 72.0 Å². The van der Waals surface area contributed by atoms with E-state index in [-0.39, 0.29) is 37.2 Å². The lowest BCUT2D eigenvalue weighted by atomic mass is 10.2. The van der Waals surface area contributed by atoms with E-state index in [1.165, 1.54) is 10.5 Å². The lowest BCUT2D eigenvalue weighted by Gasteiger charge is -2.13. The summed E-state index contributed by atoms with van der Waals surface area (Å²) in [4.78, 5) is 15.8. The van der Waals surface area contributed by atoms with Gasteiger partial charge < -0.3 is 15.4 Å². The quantitative estimate of drug-likeness (QED) is 0.278. The Hall–Kier alpha value is -2.07. The number of para-hydroxylation sites is 1. The van der Waals surface area contributed by atoms with Gasteiger partial charge >= 0.3 is 0 Å². The number of hydrogen-bond acceptors (Lipinski definition) is 8. The fourth-order valence-corrected chi connectivity index (χ4v) is 4.82. The van der Waals surface area contributed by atoms with Gasteiger partial charge in [-0.05, 0) is 25.1 Å². The van der Waals surface area contributed by atoms with Crippen LogP contribution in [0.2, 0.25) is 0 Å². The fourth-order valence-electron chi connectivity index (χ4n) is 3.17. The van der Waals surface area contributed by atoms with Gasteiger partial charge in [-0.1, -0.05) is 30.0 Å². The summed E-state index contributed by atoms with van der Waals surface area (Å²) < 4.78 is 6.17. The maximum absolute atomic E-state index is 6.17. The van der Waals surface area contributed by atoms with Crippen LogP contribution in [0.5, 0.6) is 11.5 Å². The zero-order valence-corrected chi connectivity index (χ0v) is 21.6. The highest BCUT2D eigenvalue weighted by molar-refractivity contribution is 7.99. The molecule has 1 aliphatic heterocycles. The normalized spacial score (nSPS) is 11.4. The van der Waals surface area contributed by atoms with E-state index in [2.05, 4.69) is 31.7 Å². The highest BCUT2D eigenvalue weighted by atomic mass is 35.5. The average Bonchev–Trinajstić information content (AvgIpc) is 3.40. The Kier molecular flexibility index (Phi) is 10.2. The molecule has 0 spiro atoms. The maximum atomic E-state index is 6.17. The minimum absolute atomic E-state index is 0. The van der Waals surface area contributed by atoms with Gasteiger partial charge in [0, 0.05) is 52.3 Å². The van der Waals surface area contributed by atoms with Crippen molar-refractivity contribution in [2.24, 2.45) is 0 Å². The lowest BCUT2D eigenvalue weighted by molar-refractivity contribution is 0.481. The average molecular weight is 543 g/mol. The molecule has 0 saturated heterocycles. The van der Waals surface area contributed by atoms with Crippen LogP contribution in [0.25, 0.3) is 0 Å². The van der Waals surface area contributed by atoms with Crippen molar-refractivity contribution in [3.05, 3.63) is 77.2 Å². The summed E-state index contributed by atoms with van der Waals surface area (Å²) in [5, 5.41) is 9.44. The van der Waals surface area contributed by atoms with E-state index in [0.717, 1.165) is 40.3 Å². The Labute approximate surface area is 219 Å². The molecule has 4 aromatic rings. The summed E-state index contributed by atoms with van der Waals surface area (Å²) in [6.07, 6.45) is 3.73. The van der Waals surface area contributed by atoms with Crippen molar-refractivity contribution < 1.29 is 4.74 Å². The van der Waals surface area contributed by atoms with Crippen LogP contribution in [0.1, 0.15) is 17.0 Å². The summed E-state index contributed by atoms with van der Waals surface area (Å²) in [5.74, 6) is 2.05. The number of rotatable bonds is 6. The highest BCUT2D eigenvalue weighted by Crippen LogP contribution is 2.38. The van der Waals surface area contributed by atoms with E-state index in [4.69, 9.17) is 4.74 Å². The van der Waals surface area contributed by atoms with Gasteiger partial charge in [-0.15, -0.1) is 48.6 Å². The largest absolute Gasteiger partial charge is 0.453 e. The number of ether oxygens (including phenoxy) is 1. The van der Waals surface area contributed by atoms with E-state index in [0.29, 0.717) is 11.6 Å². The molecular weight excluding hydrogens is 521 g/mol. The number of fused-ring (bicyclic) bond motifs is 1. The maximum Gasteiger partial charge on any atom is 0.188 e. The van der Waals surface area contributed by atoms with Crippen molar-refractivity contribution >= 4 is 71.3 Å². The van der Waals surface area contributed by atoms with E-state index in [1.54, 1.807) is 23.1 Å². The Bertz CT molecular complexity index is 1190. The number of nitrogens with one attached hydrogen (secondary N) is 2. The molecule has 4 heterocycles. The van der Waals surface area contributed by atoms with Crippen LogP contribution in [-0.2, 0) is 13.1 Å². The van der Waals surface area contributed by atoms with E-state index >= 15 is 0 Å². The second-order valence-corrected chi connectivity index (χ2v) is 8.77. The molecule has 33 heavy (non-hydrogen) atoms. The number of anilines is 2. The molecule has 1 aliphatic rings. The van der Waals surface area contributed by atoms with Gasteiger partial charge in [-0.2, -0.15) is 0 Å². The number of hydrogen-bond donors (Lipinski definition) is 2. The van der Waals surface area contributed by atoms with Crippen LogP contribution in [-0.4, -0.2) is 15.0 Å². The summed E-state index contributed by atoms with van der Waals surface area (Å²) in [6, 6.07) is 13.8. The number of benzene rings is 1. The Morgan fingerprint density at radius 2 is 1.88 bits per heavy atom. The number of aryl methyl sites for hydroxylation is 1. The Morgan fingerprint density at radius 3 is 2.64 bits per heavy atom. The molecule has 11 heteroatoms. The summed E-state index contributed by atoms with van der Waals surface area (Å²) in [7, 11) is 0. The van der Waals surface area contributed by atoms with E-state index < -0.39 is 0 Å². The predicted octanol–water partition coefficient (Wildman–Crippen LogP) is 6.80. The van der Waals surface area contributed by atoms with Crippen molar-refractivity contribution in [2.75, 3.05) is 5.32 Å². The van der Waals surface area contributed by atoms with Crippen molar-refractivity contribution in [1.29, 1.82) is 0 Å². The molecule has 6 nitrogen and oxygen atoms in total. The van der Waals surface area contributed by atoms with Crippen LogP contribution in [0.4, 0.5) is 10.9 Å². The van der Waals surface area contributed by atoms with Crippen molar-refractivity contribution in [2.45, 2.75) is 29.8 Å². The minimum Gasteiger partial charge on any atom is -0.453 e. The van der Waals surface area contributed by atoms with Gasteiger partial charge in [-0.3, -0.25) is 4.98 Å². The first-order valence-electron chi connectivity index (χ1n) is 9.52. The first-order chi connectivity index (χ1) is 14.7. The highest BCUT2D eigenvalue weighted by Gasteiger charge is 2.17. The molecule has 1 aromatic carbocycles. The Morgan fingerprint density at radius 1 is 1.06 bits per heavy atom. The summed E-state index contributed by atoms with van der Waals surface area (Å²) >= 11 is 3.22. The monoisotopic (exact) mass is 541 g/mol. The summed E-state index contributed by atoms with van der Waals surface area (Å²) in [6.45, 7) is 3.63. The molecule has 174 valence electrons. The third-order valence-corrected chi connectivity index (χ3v) is 6.50.